The van der Waals surface area contributed by atoms with Gasteiger partial charge in [0, 0.05) is 6.42 Å². The predicted octanol–water partition coefficient (Wildman–Crippen LogP) is 2.20. The highest BCUT2D eigenvalue weighted by molar-refractivity contribution is 7.53. The molecule has 8 heteroatoms. The minimum atomic E-state index is -3.07. The summed E-state index contributed by atoms with van der Waals surface area (Å²) in [5, 5.41) is 18.4. The van der Waals surface area contributed by atoms with Crippen molar-refractivity contribution in [1.82, 2.24) is 0 Å². The van der Waals surface area contributed by atoms with Gasteiger partial charge in [0.2, 0.25) is 0 Å². The Morgan fingerprint density at radius 3 is 2.22 bits per heavy atom. The van der Waals surface area contributed by atoms with Crippen LogP contribution < -0.4 is 0 Å². The summed E-state index contributed by atoms with van der Waals surface area (Å²) in [5.74, 6) is 0. The lowest BCUT2D eigenvalue weighted by atomic mass is 10.0. The van der Waals surface area contributed by atoms with Gasteiger partial charge in [-0.2, -0.15) is 0 Å². The number of hydrogen-bond donors (Lipinski definition) is 2. The fourth-order valence-corrected chi connectivity index (χ4v) is 3.72. The molecule has 0 saturated heterocycles. The van der Waals surface area contributed by atoms with Crippen LogP contribution in [0.3, 0.4) is 0 Å². The van der Waals surface area contributed by atoms with Crippen molar-refractivity contribution in [2.45, 2.75) is 58.8 Å². The maximum absolute atomic E-state index is 12.2. The van der Waals surface area contributed by atoms with Crippen molar-refractivity contribution in [1.29, 1.82) is 0 Å². The average molecular weight is 356 g/mol. The van der Waals surface area contributed by atoms with Gasteiger partial charge in [-0.05, 0) is 34.6 Å². The van der Waals surface area contributed by atoms with Gasteiger partial charge in [-0.1, -0.05) is 0 Å². The van der Waals surface area contributed by atoms with E-state index in [2.05, 4.69) is 0 Å². The smallest absolute Gasteiger partial charge is 0.332 e. The molecule has 0 radical (unpaired) electrons. The van der Waals surface area contributed by atoms with Crippen molar-refractivity contribution in [3.8, 4) is 0 Å². The number of aliphatic hydroxyl groups excluding tert-OH is 2. The van der Waals surface area contributed by atoms with Gasteiger partial charge in [-0.15, -0.1) is 0 Å². The van der Waals surface area contributed by atoms with E-state index >= 15 is 0 Å². The van der Waals surface area contributed by atoms with Crippen LogP contribution in [-0.4, -0.2) is 67.2 Å². The summed E-state index contributed by atoms with van der Waals surface area (Å²) in [5.41, 5.74) is -0.573. The van der Waals surface area contributed by atoms with Crippen molar-refractivity contribution in [2.75, 3.05) is 39.2 Å². The van der Waals surface area contributed by atoms with E-state index < -0.39 is 19.3 Å². The molecule has 140 valence electrons. The Morgan fingerprint density at radius 1 is 1.17 bits per heavy atom. The number of aliphatic hydroxyl groups is 2. The van der Waals surface area contributed by atoms with Gasteiger partial charge in [0.15, 0.2) is 0 Å². The maximum atomic E-state index is 12.2. The molecule has 23 heavy (non-hydrogen) atoms. The summed E-state index contributed by atoms with van der Waals surface area (Å²) in [6.07, 6.45) is -0.470. The van der Waals surface area contributed by atoms with Crippen LogP contribution in [-0.2, 0) is 23.1 Å². The molecule has 0 aromatic heterocycles. The maximum Gasteiger partial charge on any atom is 0.332 e. The molecule has 0 bridgehead atoms. The fraction of sp³-hybridized carbons (Fsp3) is 1.00. The first-order valence-corrected chi connectivity index (χ1v) is 9.83. The van der Waals surface area contributed by atoms with Gasteiger partial charge >= 0.3 is 7.60 Å². The van der Waals surface area contributed by atoms with Gasteiger partial charge < -0.3 is 28.7 Å². The second kappa shape index (κ2) is 11.5. The van der Waals surface area contributed by atoms with Crippen LogP contribution in [0.2, 0.25) is 0 Å². The minimum absolute atomic E-state index is 0.200. The van der Waals surface area contributed by atoms with Crippen LogP contribution in [0.5, 0.6) is 0 Å². The molecule has 0 saturated carbocycles. The van der Waals surface area contributed by atoms with Crippen LogP contribution in [0.1, 0.15) is 41.0 Å². The molecule has 0 heterocycles. The Balaban J connectivity index is 4.10. The Hall–Kier alpha value is -0.0100. The monoisotopic (exact) mass is 356 g/mol. The first-order chi connectivity index (χ1) is 10.7. The lowest BCUT2D eigenvalue weighted by molar-refractivity contribution is -0.113. The third kappa shape index (κ3) is 11.2. The Kier molecular flexibility index (Phi) is 11.5. The molecule has 0 fully saturated rings. The van der Waals surface area contributed by atoms with Crippen LogP contribution in [0.25, 0.3) is 0 Å². The van der Waals surface area contributed by atoms with Gasteiger partial charge in [0.25, 0.3) is 0 Å². The van der Waals surface area contributed by atoms with Crippen LogP contribution in [0.15, 0.2) is 0 Å². The first-order valence-electron chi connectivity index (χ1n) is 8.10. The standard InChI is InChI=1S/C15H33O7P/c1-6-20-23(18,21-7-2)9-8-19-12-13(3)22-15(4,5)10-14(17)11-16/h13-14,16-17H,6-12H2,1-5H3. The molecule has 2 unspecified atom stereocenters. The van der Waals surface area contributed by atoms with Crippen LogP contribution in [0.4, 0.5) is 0 Å². The van der Waals surface area contributed by atoms with Crippen molar-refractivity contribution < 1.29 is 33.3 Å². The molecular weight excluding hydrogens is 323 g/mol. The zero-order chi connectivity index (χ0) is 17.9. The Bertz CT molecular complexity index is 339. The molecule has 0 aromatic rings. The third-order valence-electron chi connectivity index (χ3n) is 2.97. The minimum Gasteiger partial charge on any atom is -0.394 e. The third-order valence-corrected chi connectivity index (χ3v) is 5.01. The molecule has 0 amide bonds. The lowest BCUT2D eigenvalue weighted by Gasteiger charge is -2.30. The van der Waals surface area contributed by atoms with Gasteiger partial charge in [-0.3, -0.25) is 4.57 Å². The molecule has 0 aliphatic carbocycles. The van der Waals surface area contributed by atoms with Crippen molar-refractivity contribution >= 4 is 7.60 Å². The van der Waals surface area contributed by atoms with E-state index in [0.29, 0.717) is 26.2 Å². The van der Waals surface area contributed by atoms with Crippen molar-refractivity contribution in [3.05, 3.63) is 0 Å². The zero-order valence-corrected chi connectivity index (χ0v) is 15.9. The molecule has 0 aliphatic heterocycles. The van der Waals surface area contributed by atoms with E-state index in [1.807, 2.05) is 20.8 Å². The van der Waals surface area contributed by atoms with Crippen molar-refractivity contribution in [2.24, 2.45) is 0 Å². The first kappa shape index (κ1) is 23.0. The zero-order valence-electron chi connectivity index (χ0n) is 15.0. The summed E-state index contributed by atoms with van der Waals surface area (Å²) in [4.78, 5) is 0. The summed E-state index contributed by atoms with van der Waals surface area (Å²) in [6, 6.07) is 0. The topological polar surface area (TPSA) is 94.5 Å². The fourth-order valence-electron chi connectivity index (χ4n) is 2.24. The molecule has 0 aliphatic rings. The van der Waals surface area contributed by atoms with E-state index in [9.17, 15) is 9.67 Å². The molecule has 7 nitrogen and oxygen atoms in total. The molecular formula is C15H33O7P. The highest BCUT2D eigenvalue weighted by Gasteiger charge is 2.26. The Morgan fingerprint density at radius 2 is 1.74 bits per heavy atom. The average Bonchev–Trinajstić information content (AvgIpc) is 2.43. The highest BCUT2D eigenvalue weighted by Crippen LogP contribution is 2.47. The lowest BCUT2D eigenvalue weighted by Crippen LogP contribution is -2.36. The second-order valence-corrected chi connectivity index (χ2v) is 8.16. The summed E-state index contributed by atoms with van der Waals surface area (Å²) in [6.45, 7) is 10.1. The normalized spacial score (nSPS) is 15.6. The predicted molar refractivity (Wildman–Crippen MR) is 88.9 cm³/mol. The quantitative estimate of drug-likeness (QED) is 0.364. The largest absolute Gasteiger partial charge is 0.394 e. The highest BCUT2D eigenvalue weighted by atomic mass is 31.2. The Labute approximate surface area is 139 Å². The van der Waals surface area contributed by atoms with Gasteiger partial charge in [0.05, 0.1) is 57.0 Å². The van der Waals surface area contributed by atoms with Gasteiger partial charge in [-0.25, -0.2) is 0 Å². The van der Waals surface area contributed by atoms with Gasteiger partial charge in [0.1, 0.15) is 0 Å². The molecule has 0 aromatic carbocycles. The van der Waals surface area contributed by atoms with E-state index in [4.69, 9.17) is 23.6 Å². The second-order valence-electron chi connectivity index (χ2n) is 5.97. The van der Waals surface area contributed by atoms with E-state index in [1.54, 1.807) is 13.8 Å². The van der Waals surface area contributed by atoms with E-state index in [-0.39, 0.29) is 25.5 Å². The molecule has 0 rings (SSSR count). The number of ether oxygens (including phenoxy) is 2. The van der Waals surface area contributed by atoms with E-state index in [1.165, 1.54) is 0 Å². The summed E-state index contributed by atoms with van der Waals surface area (Å²) in [7, 11) is -3.07. The summed E-state index contributed by atoms with van der Waals surface area (Å²) < 4.78 is 33.9. The number of hydrogen-bond acceptors (Lipinski definition) is 7. The number of rotatable bonds is 14. The molecule has 2 N–H and O–H groups in total. The van der Waals surface area contributed by atoms with Crippen LogP contribution >= 0.6 is 7.60 Å². The SMILES string of the molecule is CCOP(=O)(CCOCC(C)OC(C)(C)CC(O)CO)OCC. The van der Waals surface area contributed by atoms with Crippen molar-refractivity contribution in [3.63, 3.8) is 0 Å². The summed E-state index contributed by atoms with van der Waals surface area (Å²) >= 11 is 0. The molecule has 0 spiro atoms. The molecule has 2 atom stereocenters. The van der Waals surface area contributed by atoms with Crippen LogP contribution in [0, 0.1) is 0 Å². The van der Waals surface area contributed by atoms with E-state index in [0.717, 1.165) is 0 Å².